The van der Waals surface area contributed by atoms with Gasteiger partial charge in [-0.05, 0) is 88.1 Å². The number of benzene rings is 2. The predicted octanol–water partition coefficient (Wildman–Crippen LogP) is 6.22. The van der Waals surface area contributed by atoms with E-state index in [1.807, 2.05) is 45.0 Å². The van der Waals surface area contributed by atoms with E-state index in [4.69, 9.17) is 9.47 Å². The third kappa shape index (κ3) is 5.54. The first-order valence-electron chi connectivity index (χ1n) is 14.5. The van der Waals surface area contributed by atoms with Gasteiger partial charge < -0.3 is 19.5 Å². The monoisotopic (exact) mass is 547 g/mol. The Morgan fingerprint density at radius 3 is 2.60 bits per heavy atom. The van der Waals surface area contributed by atoms with E-state index < -0.39 is 17.1 Å². The Hall–Kier alpha value is -3.55. The zero-order valence-corrected chi connectivity index (χ0v) is 24.1. The quantitative estimate of drug-likeness (QED) is 0.408. The molecule has 1 amide bonds. The number of aromatic hydroxyl groups is 1. The van der Waals surface area contributed by atoms with E-state index in [1.54, 1.807) is 19.4 Å². The van der Waals surface area contributed by atoms with Crippen LogP contribution in [0.25, 0.3) is 10.9 Å². The molecule has 1 atom stereocenters. The Morgan fingerprint density at radius 2 is 1.88 bits per heavy atom. The largest absolute Gasteiger partial charge is 0.504 e. The number of rotatable bonds is 5. The number of fused-ring (bicyclic) bond motifs is 1. The molecule has 2 heterocycles. The van der Waals surface area contributed by atoms with Gasteiger partial charge in [-0.2, -0.15) is 9.78 Å². The van der Waals surface area contributed by atoms with Crippen LogP contribution in [-0.2, 0) is 21.4 Å². The molecule has 0 spiro atoms. The van der Waals surface area contributed by atoms with Crippen LogP contribution < -0.4 is 4.74 Å². The van der Waals surface area contributed by atoms with Crippen LogP contribution in [0.4, 0.5) is 4.79 Å². The highest BCUT2D eigenvalue weighted by Gasteiger charge is 2.45. The molecular weight excluding hydrogens is 506 g/mol. The lowest BCUT2D eigenvalue weighted by Crippen LogP contribution is -2.47. The highest BCUT2D eigenvalue weighted by molar-refractivity contribution is 5.90. The summed E-state index contributed by atoms with van der Waals surface area (Å²) in [5, 5.41) is 15.5. The molecule has 2 aromatic carbocycles. The molecule has 1 aromatic heterocycles. The summed E-state index contributed by atoms with van der Waals surface area (Å²) >= 11 is 0. The zero-order valence-electron chi connectivity index (χ0n) is 24.1. The molecule has 2 fully saturated rings. The third-order valence-corrected chi connectivity index (χ3v) is 8.43. The van der Waals surface area contributed by atoms with Crippen molar-refractivity contribution in [3.05, 3.63) is 53.7 Å². The molecule has 1 saturated carbocycles. The molecular formula is C32H41N3O5. The first-order valence-corrected chi connectivity index (χ1v) is 14.5. The molecule has 2 aliphatic rings. The van der Waals surface area contributed by atoms with Gasteiger partial charge in [0.15, 0.2) is 11.5 Å². The van der Waals surface area contributed by atoms with Gasteiger partial charge in [-0.3, -0.25) is 4.79 Å². The van der Waals surface area contributed by atoms with E-state index in [0.717, 1.165) is 79.9 Å². The Bertz CT molecular complexity index is 1380. The first kappa shape index (κ1) is 28.0. The Labute approximate surface area is 236 Å². The summed E-state index contributed by atoms with van der Waals surface area (Å²) in [5.41, 5.74) is 1.62. The summed E-state index contributed by atoms with van der Waals surface area (Å²) in [7, 11) is 1.54. The SMILES string of the molecule is COc1cc(C2(C(=O)N3CCCCC(Cc4cccc5c4cnn5C(=O)OC(C)(C)C)C3)CCCC2)ccc1O. The summed E-state index contributed by atoms with van der Waals surface area (Å²) < 4.78 is 12.3. The summed E-state index contributed by atoms with van der Waals surface area (Å²) in [6, 6.07) is 11.3. The predicted molar refractivity (Wildman–Crippen MR) is 154 cm³/mol. The highest BCUT2D eigenvalue weighted by atomic mass is 16.6. The van der Waals surface area contributed by atoms with E-state index >= 15 is 0 Å². The number of carbonyl (C=O) groups excluding carboxylic acids is 2. The Balaban J connectivity index is 1.38. The fourth-order valence-electron chi connectivity index (χ4n) is 6.51. The van der Waals surface area contributed by atoms with E-state index in [0.29, 0.717) is 18.2 Å². The average Bonchev–Trinajstić information content (AvgIpc) is 3.52. The van der Waals surface area contributed by atoms with Crippen LogP contribution in [0.2, 0.25) is 0 Å². The van der Waals surface area contributed by atoms with Crippen molar-refractivity contribution >= 4 is 22.9 Å². The number of hydrogen-bond donors (Lipinski definition) is 1. The number of nitrogens with zero attached hydrogens (tertiary/aromatic N) is 3. The number of carbonyl (C=O) groups is 2. The van der Waals surface area contributed by atoms with E-state index in [-0.39, 0.29) is 11.7 Å². The van der Waals surface area contributed by atoms with Gasteiger partial charge in [0, 0.05) is 18.5 Å². The minimum absolute atomic E-state index is 0.0887. The fourth-order valence-corrected chi connectivity index (χ4v) is 6.51. The molecule has 3 aromatic rings. The molecule has 40 heavy (non-hydrogen) atoms. The van der Waals surface area contributed by atoms with E-state index in [1.165, 1.54) is 4.68 Å². The molecule has 1 saturated heterocycles. The lowest BCUT2D eigenvalue weighted by molar-refractivity contribution is -0.137. The Morgan fingerprint density at radius 1 is 1.10 bits per heavy atom. The number of phenolic OH excluding ortho intramolecular Hbond substituents is 1. The van der Waals surface area contributed by atoms with E-state index in [2.05, 4.69) is 16.1 Å². The van der Waals surface area contributed by atoms with Crippen molar-refractivity contribution in [1.82, 2.24) is 14.7 Å². The normalized spacial score (nSPS) is 19.4. The smallest absolute Gasteiger partial charge is 0.435 e. The number of aromatic nitrogens is 2. The second kappa shape index (κ2) is 11.1. The van der Waals surface area contributed by atoms with Gasteiger partial charge in [-0.15, -0.1) is 0 Å². The van der Waals surface area contributed by atoms with Crippen LogP contribution >= 0.6 is 0 Å². The molecule has 0 radical (unpaired) electrons. The maximum absolute atomic E-state index is 14.3. The average molecular weight is 548 g/mol. The van der Waals surface area contributed by atoms with Crippen LogP contribution in [0.15, 0.2) is 42.6 Å². The molecule has 1 aliphatic carbocycles. The van der Waals surface area contributed by atoms with Gasteiger partial charge in [0.1, 0.15) is 5.60 Å². The van der Waals surface area contributed by atoms with Crippen molar-refractivity contribution in [1.29, 1.82) is 0 Å². The number of likely N-dealkylation sites (tertiary alicyclic amines) is 1. The summed E-state index contributed by atoms with van der Waals surface area (Å²) in [5.74, 6) is 0.992. The number of amides is 1. The van der Waals surface area contributed by atoms with Crippen LogP contribution in [0.5, 0.6) is 11.5 Å². The van der Waals surface area contributed by atoms with E-state index in [9.17, 15) is 14.7 Å². The molecule has 5 rings (SSSR count). The molecule has 8 nitrogen and oxygen atoms in total. The van der Waals surface area contributed by atoms with Crippen molar-refractivity contribution in [3.8, 4) is 11.5 Å². The lowest BCUT2D eigenvalue weighted by Gasteiger charge is -2.36. The molecule has 1 N–H and O–H groups in total. The summed E-state index contributed by atoms with van der Waals surface area (Å²) in [4.78, 5) is 29.2. The lowest BCUT2D eigenvalue weighted by atomic mass is 9.77. The van der Waals surface area contributed by atoms with Crippen LogP contribution in [0.3, 0.4) is 0 Å². The molecule has 0 bridgehead atoms. The van der Waals surface area contributed by atoms with Crippen LogP contribution in [0, 0.1) is 5.92 Å². The number of hydrogen-bond acceptors (Lipinski definition) is 6. The van der Waals surface area contributed by atoms with Gasteiger partial charge in [-0.1, -0.05) is 37.5 Å². The second-order valence-electron chi connectivity index (χ2n) is 12.4. The van der Waals surface area contributed by atoms with Crippen molar-refractivity contribution < 1.29 is 24.2 Å². The molecule has 8 heteroatoms. The molecule has 1 aliphatic heterocycles. The van der Waals surface area contributed by atoms with Gasteiger partial charge in [0.25, 0.3) is 0 Å². The standard InChI is InChI=1S/C32H41N3O5/c1-31(2,3)40-30(38)35-26-12-9-11-23(25(26)20-33-35)18-22-10-5-8-17-34(21-22)29(37)32(15-6-7-16-32)24-13-14-27(36)28(19-24)39-4/h9,11-14,19-20,22,36H,5-8,10,15-18,21H2,1-4H3. The van der Waals surface area contributed by atoms with Crippen LogP contribution in [0.1, 0.15) is 76.8 Å². The maximum atomic E-state index is 14.3. The number of phenols is 1. The van der Waals surface area contributed by atoms with Gasteiger partial charge >= 0.3 is 6.09 Å². The Kier molecular flexibility index (Phi) is 7.80. The van der Waals surface area contributed by atoms with Gasteiger partial charge in [0.05, 0.1) is 24.2 Å². The van der Waals surface area contributed by atoms with Crippen LogP contribution in [-0.4, -0.2) is 57.6 Å². The van der Waals surface area contributed by atoms with Gasteiger partial charge in [-0.25, -0.2) is 4.79 Å². The number of methoxy groups -OCH3 is 1. The first-order chi connectivity index (χ1) is 19.1. The van der Waals surface area contributed by atoms with Crippen molar-refractivity contribution in [3.63, 3.8) is 0 Å². The second-order valence-corrected chi connectivity index (χ2v) is 12.4. The van der Waals surface area contributed by atoms with Crippen molar-refractivity contribution in [2.24, 2.45) is 5.92 Å². The topological polar surface area (TPSA) is 93.9 Å². The highest BCUT2D eigenvalue weighted by Crippen LogP contribution is 2.45. The number of ether oxygens (including phenoxy) is 2. The molecule has 1 unspecified atom stereocenters. The van der Waals surface area contributed by atoms with Crippen molar-refractivity contribution in [2.45, 2.75) is 83.2 Å². The molecule has 214 valence electrons. The fraction of sp³-hybridized carbons (Fsp3) is 0.531. The third-order valence-electron chi connectivity index (χ3n) is 8.43. The minimum Gasteiger partial charge on any atom is -0.504 e. The van der Waals surface area contributed by atoms with Gasteiger partial charge in [0.2, 0.25) is 5.91 Å². The zero-order chi connectivity index (χ0) is 28.5. The minimum atomic E-state index is -0.606. The van der Waals surface area contributed by atoms with Crippen molar-refractivity contribution in [2.75, 3.05) is 20.2 Å². The summed E-state index contributed by atoms with van der Waals surface area (Å²) in [6.07, 6.45) is 8.81. The summed E-state index contributed by atoms with van der Waals surface area (Å²) in [6.45, 7) is 6.98. The maximum Gasteiger partial charge on any atom is 0.435 e.